The van der Waals surface area contributed by atoms with Crippen LogP contribution in [0.2, 0.25) is 0 Å². The molecule has 1 N–H and O–H groups in total. The minimum atomic E-state index is -0.426. The number of nitrogens with zero attached hydrogens (tertiary/aromatic N) is 3. The summed E-state index contributed by atoms with van der Waals surface area (Å²) in [5.41, 5.74) is 0.139. The summed E-state index contributed by atoms with van der Waals surface area (Å²) in [7, 11) is 0. The lowest BCUT2D eigenvalue weighted by molar-refractivity contribution is 0.0673. The summed E-state index contributed by atoms with van der Waals surface area (Å²) in [6, 6.07) is 2.98. The number of rotatable bonds is 6. The minimum Gasteiger partial charge on any atom is -0.393 e. The third-order valence-corrected chi connectivity index (χ3v) is 4.06. The third kappa shape index (κ3) is 3.94. The lowest BCUT2D eigenvalue weighted by Gasteiger charge is -2.25. The second-order valence-electron chi connectivity index (χ2n) is 6.01. The Balaban J connectivity index is 2.16. The van der Waals surface area contributed by atoms with Crippen LogP contribution in [0.5, 0.6) is 0 Å². The highest BCUT2D eigenvalue weighted by molar-refractivity contribution is 5.92. The van der Waals surface area contributed by atoms with Gasteiger partial charge in [-0.1, -0.05) is 13.3 Å². The Kier molecular flexibility index (Phi) is 5.71. The van der Waals surface area contributed by atoms with Gasteiger partial charge in [0.1, 0.15) is 5.69 Å². The molecule has 2 unspecified atom stereocenters. The van der Waals surface area contributed by atoms with Gasteiger partial charge in [-0.05, 0) is 38.7 Å². The van der Waals surface area contributed by atoms with Gasteiger partial charge in [0.05, 0.1) is 6.10 Å². The zero-order valence-corrected chi connectivity index (χ0v) is 13.4. The van der Waals surface area contributed by atoms with E-state index in [-0.39, 0.29) is 17.5 Å². The highest BCUT2D eigenvalue weighted by atomic mass is 16.3. The Labute approximate surface area is 130 Å². The molecule has 0 aromatic carbocycles. The topological polar surface area (TPSA) is 75.4 Å². The predicted octanol–water partition coefficient (Wildman–Crippen LogP) is 1.42. The SMILES string of the molecule is CCCCn1nc(C(=O)N2CCCC2CC(C)O)ccc1=O. The van der Waals surface area contributed by atoms with Gasteiger partial charge in [-0.25, -0.2) is 4.68 Å². The molecule has 0 aliphatic carbocycles. The summed E-state index contributed by atoms with van der Waals surface area (Å²) in [5.74, 6) is -0.145. The summed E-state index contributed by atoms with van der Waals surface area (Å²) < 4.78 is 1.37. The molecule has 6 heteroatoms. The Morgan fingerprint density at radius 1 is 1.50 bits per heavy atom. The smallest absolute Gasteiger partial charge is 0.274 e. The number of amides is 1. The summed E-state index contributed by atoms with van der Waals surface area (Å²) in [4.78, 5) is 26.2. The maximum Gasteiger partial charge on any atom is 0.274 e. The van der Waals surface area contributed by atoms with Crippen molar-refractivity contribution in [2.45, 2.75) is 64.6 Å². The molecular weight excluding hydrogens is 282 g/mol. The van der Waals surface area contributed by atoms with Gasteiger partial charge in [0, 0.05) is 25.2 Å². The van der Waals surface area contributed by atoms with E-state index < -0.39 is 6.10 Å². The molecule has 0 radical (unpaired) electrons. The second-order valence-corrected chi connectivity index (χ2v) is 6.01. The molecule has 2 heterocycles. The standard InChI is InChI=1S/C16H25N3O3/c1-3-4-10-19-15(21)8-7-14(17-19)16(22)18-9-5-6-13(18)11-12(2)20/h7-8,12-13,20H,3-6,9-11H2,1-2H3. The number of hydrogen-bond acceptors (Lipinski definition) is 4. The van der Waals surface area contributed by atoms with E-state index >= 15 is 0 Å². The molecular formula is C16H25N3O3. The fourth-order valence-electron chi connectivity index (χ4n) is 2.92. The molecule has 1 saturated heterocycles. The van der Waals surface area contributed by atoms with Crippen molar-refractivity contribution < 1.29 is 9.90 Å². The number of carbonyl (C=O) groups excluding carboxylic acids is 1. The molecule has 22 heavy (non-hydrogen) atoms. The first kappa shape index (κ1) is 16.7. The monoisotopic (exact) mass is 307 g/mol. The van der Waals surface area contributed by atoms with Crippen LogP contribution in [0.25, 0.3) is 0 Å². The molecule has 1 fully saturated rings. The van der Waals surface area contributed by atoms with E-state index in [4.69, 9.17) is 0 Å². The number of aryl methyl sites for hydroxylation is 1. The van der Waals surface area contributed by atoms with Crippen LogP contribution < -0.4 is 5.56 Å². The first-order valence-corrected chi connectivity index (χ1v) is 8.10. The molecule has 6 nitrogen and oxygen atoms in total. The van der Waals surface area contributed by atoms with E-state index in [0.29, 0.717) is 25.2 Å². The van der Waals surface area contributed by atoms with Crippen molar-refractivity contribution in [3.8, 4) is 0 Å². The molecule has 122 valence electrons. The van der Waals surface area contributed by atoms with E-state index in [1.165, 1.54) is 16.8 Å². The number of hydrogen-bond donors (Lipinski definition) is 1. The average molecular weight is 307 g/mol. The highest BCUT2D eigenvalue weighted by Gasteiger charge is 2.31. The van der Waals surface area contributed by atoms with Gasteiger partial charge in [-0.2, -0.15) is 5.10 Å². The van der Waals surface area contributed by atoms with Gasteiger partial charge in [-0.3, -0.25) is 9.59 Å². The van der Waals surface area contributed by atoms with Crippen molar-refractivity contribution in [3.63, 3.8) is 0 Å². The van der Waals surface area contributed by atoms with E-state index in [9.17, 15) is 14.7 Å². The van der Waals surface area contributed by atoms with Crippen LogP contribution in [0.4, 0.5) is 0 Å². The van der Waals surface area contributed by atoms with Crippen LogP contribution in [-0.4, -0.2) is 44.4 Å². The van der Waals surface area contributed by atoms with Crippen LogP contribution in [0, 0.1) is 0 Å². The number of aliphatic hydroxyl groups is 1. The largest absolute Gasteiger partial charge is 0.393 e. The zero-order chi connectivity index (χ0) is 16.1. The quantitative estimate of drug-likeness (QED) is 0.862. The third-order valence-electron chi connectivity index (χ3n) is 4.06. The van der Waals surface area contributed by atoms with Crippen LogP contribution in [0.15, 0.2) is 16.9 Å². The van der Waals surface area contributed by atoms with Crippen molar-refractivity contribution in [3.05, 3.63) is 28.2 Å². The fourth-order valence-corrected chi connectivity index (χ4v) is 2.92. The van der Waals surface area contributed by atoms with E-state index in [1.807, 2.05) is 6.92 Å². The van der Waals surface area contributed by atoms with Gasteiger partial charge in [-0.15, -0.1) is 0 Å². The lowest BCUT2D eigenvalue weighted by Crippen LogP contribution is -2.38. The number of carbonyl (C=O) groups is 1. The molecule has 1 aromatic heterocycles. The minimum absolute atomic E-state index is 0.0605. The molecule has 1 aliphatic rings. The zero-order valence-electron chi connectivity index (χ0n) is 13.4. The van der Waals surface area contributed by atoms with Gasteiger partial charge < -0.3 is 10.0 Å². The molecule has 1 aliphatic heterocycles. The van der Waals surface area contributed by atoms with Crippen molar-refractivity contribution in [2.24, 2.45) is 0 Å². The lowest BCUT2D eigenvalue weighted by atomic mass is 10.1. The molecule has 2 atom stereocenters. The van der Waals surface area contributed by atoms with Gasteiger partial charge >= 0.3 is 0 Å². The van der Waals surface area contributed by atoms with Crippen LogP contribution in [-0.2, 0) is 6.54 Å². The summed E-state index contributed by atoms with van der Waals surface area (Å²) in [5, 5.41) is 13.8. The van der Waals surface area contributed by atoms with E-state index in [0.717, 1.165) is 25.7 Å². The number of aromatic nitrogens is 2. The van der Waals surface area contributed by atoms with Crippen molar-refractivity contribution in [1.82, 2.24) is 14.7 Å². The Morgan fingerprint density at radius 2 is 2.27 bits per heavy atom. The maximum atomic E-state index is 12.6. The normalized spacial score (nSPS) is 19.4. The van der Waals surface area contributed by atoms with Crippen molar-refractivity contribution in [1.29, 1.82) is 0 Å². The van der Waals surface area contributed by atoms with Crippen molar-refractivity contribution in [2.75, 3.05) is 6.54 Å². The highest BCUT2D eigenvalue weighted by Crippen LogP contribution is 2.23. The van der Waals surface area contributed by atoms with Crippen molar-refractivity contribution >= 4 is 5.91 Å². The maximum absolute atomic E-state index is 12.6. The summed E-state index contributed by atoms with van der Waals surface area (Å²) >= 11 is 0. The van der Waals surface area contributed by atoms with Gasteiger partial charge in [0.2, 0.25) is 0 Å². The number of likely N-dealkylation sites (tertiary alicyclic amines) is 1. The molecule has 1 amide bonds. The molecule has 1 aromatic rings. The number of aliphatic hydroxyl groups excluding tert-OH is 1. The van der Waals surface area contributed by atoms with Gasteiger partial charge in [0.15, 0.2) is 0 Å². The van der Waals surface area contributed by atoms with E-state index in [1.54, 1.807) is 11.8 Å². The van der Waals surface area contributed by atoms with Crippen LogP contribution >= 0.6 is 0 Å². The molecule has 2 rings (SSSR count). The second kappa shape index (κ2) is 7.54. The first-order valence-electron chi connectivity index (χ1n) is 8.10. The summed E-state index contributed by atoms with van der Waals surface area (Å²) in [6.07, 6.45) is 3.84. The molecule has 0 spiro atoms. The predicted molar refractivity (Wildman–Crippen MR) is 83.8 cm³/mol. The Hall–Kier alpha value is -1.69. The fraction of sp³-hybridized carbons (Fsp3) is 0.688. The number of unbranched alkanes of at least 4 members (excludes halogenated alkanes) is 1. The average Bonchev–Trinajstić information content (AvgIpc) is 2.93. The van der Waals surface area contributed by atoms with Crippen LogP contribution in [0.3, 0.4) is 0 Å². The molecule has 0 saturated carbocycles. The Bertz CT molecular complexity index is 568. The van der Waals surface area contributed by atoms with E-state index in [2.05, 4.69) is 5.10 Å². The molecule has 0 bridgehead atoms. The van der Waals surface area contributed by atoms with Crippen LogP contribution in [0.1, 0.15) is 56.4 Å². The summed E-state index contributed by atoms with van der Waals surface area (Å²) in [6.45, 7) is 5.01. The first-order chi connectivity index (χ1) is 10.5. The van der Waals surface area contributed by atoms with Gasteiger partial charge in [0.25, 0.3) is 11.5 Å². The Morgan fingerprint density at radius 3 is 2.95 bits per heavy atom.